The van der Waals surface area contributed by atoms with Gasteiger partial charge in [-0.1, -0.05) is 0 Å². The summed E-state index contributed by atoms with van der Waals surface area (Å²) in [6, 6.07) is 0.874. The number of pyridine rings is 1. The van der Waals surface area contributed by atoms with Crippen molar-refractivity contribution in [3.05, 3.63) is 22.4 Å². The smallest absolute Gasteiger partial charge is 0.420 e. The Balaban J connectivity index is 3.24. The molecule has 1 aromatic rings. The van der Waals surface area contributed by atoms with Crippen LogP contribution < -0.4 is 4.74 Å². The van der Waals surface area contributed by atoms with Crippen LogP contribution >= 0.6 is 15.9 Å². The lowest BCUT2D eigenvalue weighted by Crippen LogP contribution is -2.07. The number of aromatic nitrogens is 1. The van der Waals surface area contributed by atoms with Gasteiger partial charge in [0.1, 0.15) is 15.9 Å². The summed E-state index contributed by atoms with van der Waals surface area (Å²) < 4.78 is 41.5. The van der Waals surface area contributed by atoms with Crippen LogP contribution in [0, 0.1) is 0 Å². The summed E-state index contributed by atoms with van der Waals surface area (Å²) in [4.78, 5) is 3.62. The Morgan fingerprint density at radius 1 is 1.46 bits per heavy atom. The van der Waals surface area contributed by atoms with Crippen molar-refractivity contribution in [2.24, 2.45) is 0 Å². The number of hydrogen-bond acceptors (Lipinski definition) is 2. The minimum atomic E-state index is -4.42. The van der Waals surface area contributed by atoms with E-state index in [4.69, 9.17) is 0 Å². The van der Waals surface area contributed by atoms with Crippen LogP contribution in [-0.2, 0) is 6.18 Å². The summed E-state index contributed by atoms with van der Waals surface area (Å²) in [6.45, 7) is 0. The minimum Gasteiger partial charge on any atom is -0.495 e. The maximum Gasteiger partial charge on any atom is 0.420 e. The maximum atomic E-state index is 12.3. The van der Waals surface area contributed by atoms with Crippen molar-refractivity contribution >= 4 is 15.9 Å². The molecule has 0 aliphatic rings. The molecular weight excluding hydrogens is 251 g/mol. The first kappa shape index (κ1) is 10.3. The van der Waals surface area contributed by atoms with Gasteiger partial charge in [0.2, 0.25) is 0 Å². The van der Waals surface area contributed by atoms with E-state index in [2.05, 4.69) is 25.7 Å². The van der Waals surface area contributed by atoms with E-state index in [1.807, 2.05) is 0 Å². The fourth-order valence-corrected chi connectivity index (χ4v) is 1.13. The molecule has 13 heavy (non-hydrogen) atoms. The van der Waals surface area contributed by atoms with E-state index in [1.54, 1.807) is 0 Å². The van der Waals surface area contributed by atoms with Crippen LogP contribution in [0.2, 0.25) is 0 Å². The fourth-order valence-electron chi connectivity index (χ4n) is 0.802. The topological polar surface area (TPSA) is 22.1 Å². The van der Waals surface area contributed by atoms with Gasteiger partial charge in [-0.25, -0.2) is 4.98 Å². The molecule has 1 heterocycles. The lowest BCUT2D eigenvalue weighted by Gasteiger charge is -2.10. The zero-order chi connectivity index (χ0) is 10.1. The third kappa shape index (κ3) is 2.33. The van der Waals surface area contributed by atoms with E-state index < -0.39 is 11.7 Å². The molecule has 1 aromatic heterocycles. The lowest BCUT2D eigenvalue weighted by atomic mass is 10.2. The number of ether oxygens (including phenoxy) is 1. The summed E-state index contributed by atoms with van der Waals surface area (Å²) >= 11 is 2.85. The van der Waals surface area contributed by atoms with Crippen LogP contribution in [0.4, 0.5) is 13.2 Å². The Morgan fingerprint density at radius 3 is 2.54 bits per heavy atom. The van der Waals surface area contributed by atoms with Gasteiger partial charge in [-0.15, -0.1) is 0 Å². The normalized spacial score (nSPS) is 11.5. The monoisotopic (exact) mass is 255 g/mol. The van der Waals surface area contributed by atoms with Crippen molar-refractivity contribution in [3.63, 3.8) is 0 Å². The molecule has 0 bridgehead atoms. The van der Waals surface area contributed by atoms with E-state index in [0.29, 0.717) is 0 Å². The molecule has 72 valence electrons. The Morgan fingerprint density at radius 2 is 2.08 bits per heavy atom. The quantitative estimate of drug-likeness (QED) is 0.721. The van der Waals surface area contributed by atoms with Crippen LogP contribution in [0.1, 0.15) is 5.56 Å². The van der Waals surface area contributed by atoms with Gasteiger partial charge in [-0.05, 0) is 22.0 Å². The predicted molar refractivity (Wildman–Crippen MR) is 43.5 cm³/mol. The van der Waals surface area contributed by atoms with Gasteiger partial charge >= 0.3 is 6.18 Å². The summed E-state index contributed by atoms with van der Waals surface area (Å²) in [5, 5.41) is 0. The second-order valence-corrected chi connectivity index (χ2v) is 3.02. The molecule has 0 amide bonds. The number of alkyl halides is 3. The zero-order valence-electron chi connectivity index (χ0n) is 6.52. The van der Waals surface area contributed by atoms with E-state index in [9.17, 15) is 13.2 Å². The van der Waals surface area contributed by atoms with E-state index in [0.717, 1.165) is 12.3 Å². The van der Waals surface area contributed by atoms with E-state index >= 15 is 0 Å². The molecule has 0 N–H and O–H groups in total. The van der Waals surface area contributed by atoms with E-state index in [1.165, 1.54) is 7.11 Å². The summed E-state index contributed by atoms with van der Waals surface area (Å²) in [7, 11) is 1.17. The molecule has 2 nitrogen and oxygen atoms in total. The Kier molecular flexibility index (Phi) is 2.80. The molecule has 0 radical (unpaired) electrons. The third-order valence-corrected chi connectivity index (χ3v) is 1.79. The Hall–Kier alpha value is -0.780. The third-order valence-electron chi connectivity index (χ3n) is 1.36. The molecule has 0 unspecified atom stereocenters. The lowest BCUT2D eigenvalue weighted by molar-refractivity contribution is -0.138. The van der Waals surface area contributed by atoms with Crippen molar-refractivity contribution in [2.45, 2.75) is 6.18 Å². The molecular formula is C7H5BrF3NO. The predicted octanol–water partition coefficient (Wildman–Crippen LogP) is 2.87. The largest absolute Gasteiger partial charge is 0.495 e. The minimum absolute atomic E-state index is 0.126. The van der Waals surface area contributed by atoms with Gasteiger partial charge in [0.25, 0.3) is 0 Å². The Labute approximate surface area is 80.9 Å². The molecule has 0 fully saturated rings. The second kappa shape index (κ2) is 3.53. The highest BCUT2D eigenvalue weighted by atomic mass is 79.9. The highest BCUT2D eigenvalue weighted by Gasteiger charge is 2.34. The SMILES string of the molecule is COc1cnc(Br)cc1C(F)(F)F. The van der Waals surface area contributed by atoms with Gasteiger partial charge in [0, 0.05) is 0 Å². The molecule has 0 atom stereocenters. The highest BCUT2D eigenvalue weighted by Crippen LogP contribution is 2.36. The number of halogens is 4. The van der Waals surface area contributed by atoms with Gasteiger partial charge in [0.05, 0.1) is 13.3 Å². The van der Waals surface area contributed by atoms with Crippen molar-refractivity contribution in [1.82, 2.24) is 4.98 Å². The number of hydrogen-bond donors (Lipinski definition) is 0. The van der Waals surface area contributed by atoms with Crippen LogP contribution in [0.15, 0.2) is 16.9 Å². The fraction of sp³-hybridized carbons (Fsp3) is 0.286. The number of methoxy groups -OCH3 is 1. The number of nitrogens with zero attached hydrogens (tertiary/aromatic N) is 1. The first-order chi connectivity index (χ1) is 5.95. The van der Waals surface area contributed by atoms with Crippen LogP contribution in [0.25, 0.3) is 0 Å². The summed E-state index contributed by atoms with van der Waals surface area (Å²) in [5.41, 5.74) is -0.836. The van der Waals surface area contributed by atoms with Crippen molar-refractivity contribution in [3.8, 4) is 5.75 Å². The summed E-state index contributed by atoms with van der Waals surface area (Å²) in [5.74, 6) is -0.282. The molecule has 0 spiro atoms. The van der Waals surface area contributed by atoms with Gasteiger partial charge in [-0.2, -0.15) is 13.2 Å². The Bertz CT molecular complexity index is 313. The first-order valence-electron chi connectivity index (χ1n) is 3.22. The molecule has 0 saturated carbocycles. The molecule has 1 rings (SSSR count). The molecule has 0 aliphatic carbocycles. The molecule has 0 saturated heterocycles. The zero-order valence-corrected chi connectivity index (χ0v) is 8.11. The van der Waals surface area contributed by atoms with Gasteiger partial charge in [-0.3, -0.25) is 0 Å². The first-order valence-corrected chi connectivity index (χ1v) is 4.01. The van der Waals surface area contributed by atoms with E-state index in [-0.39, 0.29) is 10.4 Å². The van der Waals surface area contributed by atoms with Crippen molar-refractivity contribution < 1.29 is 17.9 Å². The molecule has 0 aromatic carbocycles. The van der Waals surface area contributed by atoms with Gasteiger partial charge in [0.15, 0.2) is 0 Å². The molecule has 0 aliphatic heterocycles. The standard InChI is InChI=1S/C7H5BrF3NO/c1-13-5-3-12-6(8)2-4(5)7(9,10)11/h2-3H,1H3. The van der Waals surface area contributed by atoms with Crippen molar-refractivity contribution in [1.29, 1.82) is 0 Å². The average Bonchev–Trinajstić information content (AvgIpc) is 2.03. The number of rotatable bonds is 1. The van der Waals surface area contributed by atoms with Crippen LogP contribution in [-0.4, -0.2) is 12.1 Å². The molecule has 6 heteroatoms. The second-order valence-electron chi connectivity index (χ2n) is 2.21. The summed E-state index contributed by atoms with van der Waals surface area (Å²) in [6.07, 6.45) is -3.40. The average molecular weight is 256 g/mol. The van der Waals surface area contributed by atoms with Crippen molar-refractivity contribution in [2.75, 3.05) is 7.11 Å². The highest BCUT2D eigenvalue weighted by molar-refractivity contribution is 9.10. The maximum absolute atomic E-state index is 12.3. The van der Waals surface area contributed by atoms with Crippen LogP contribution in [0.3, 0.4) is 0 Å². The van der Waals surface area contributed by atoms with Gasteiger partial charge < -0.3 is 4.74 Å². The van der Waals surface area contributed by atoms with Crippen LogP contribution in [0.5, 0.6) is 5.75 Å².